The summed E-state index contributed by atoms with van der Waals surface area (Å²) in [5.41, 5.74) is 1.92. The maximum Gasteiger partial charge on any atom is 0.261 e. The number of carbonyl (C=O) groups excluding carboxylic acids is 3. The predicted molar refractivity (Wildman–Crippen MR) is 127 cm³/mol. The van der Waals surface area contributed by atoms with Crippen molar-refractivity contribution in [3.8, 4) is 0 Å². The van der Waals surface area contributed by atoms with Crippen LogP contribution in [0.5, 0.6) is 0 Å². The molecule has 174 valence electrons. The molecule has 1 saturated heterocycles. The van der Waals surface area contributed by atoms with Crippen molar-refractivity contribution in [3.63, 3.8) is 0 Å². The van der Waals surface area contributed by atoms with E-state index >= 15 is 0 Å². The molecule has 1 N–H and O–H groups in total. The molecule has 1 unspecified atom stereocenters. The largest absolute Gasteiger partial charge is 0.467 e. The van der Waals surface area contributed by atoms with Crippen molar-refractivity contribution in [2.45, 2.75) is 25.4 Å². The molecule has 2 aromatic carbocycles. The number of carbonyl (C=O) groups is 3. The van der Waals surface area contributed by atoms with Crippen molar-refractivity contribution in [3.05, 3.63) is 93.9 Å². The molecule has 1 aromatic heterocycles. The van der Waals surface area contributed by atoms with Gasteiger partial charge in [0.05, 0.1) is 30.0 Å². The monoisotopic (exact) mass is 477 g/mol. The van der Waals surface area contributed by atoms with Crippen molar-refractivity contribution in [1.29, 1.82) is 0 Å². The molecule has 2 aliphatic heterocycles. The van der Waals surface area contributed by atoms with Gasteiger partial charge in [-0.15, -0.1) is 0 Å². The Labute approximate surface area is 202 Å². The van der Waals surface area contributed by atoms with Gasteiger partial charge in [-0.25, -0.2) is 0 Å². The summed E-state index contributed by atoms with van der Waals surface area (Å²) in [6, 6.07) is 15.7. The molecule has 1 atom stereocenters. The van der Waals surface area contributed by atoms with Crippen LogP contribution in [0.4, 0.5) is 0 Å². The lowest BCUT2D eigenvalue weighted by molar-refractivity contribution is 0.0631. The molecule has 3 amide bonds. The first-order valence-corrected chi connectivity index (χ1v) is 11.7. The number of likely N-dealkylation sites (tertiary alicyclic amines) is 1. The van der Waals surface area contributed by atoms with E-state index < -0.39 is 11.8 Å². The molecule has 3 aromatic rings. The fourth-order valence-corrected chi connectivity index (χ4v) is 4.85. The van der Waals surface area contributed by atoms with Gasteiger partial charge in [-0.05, 0) is 74.0 Å². The summed E-state index contributed by atoms with van der Waals surface area (Å²) in [6.45, 7) is 2.40. The third kappa shape index (κ3) is 4.36. The number of nitrogens with zero attached hydrogens (tertiary/aromatic N) is 2. The van der Waals surface area contributed by atoms with E-state index in [9.17, 15) is 14.4 Å². The average molecular weight is 478 g/mol. The van der Waals surface area contributed by atoms with Gasteiger partial charge < -0.3 is 9.73 Å². The lowest BCUT2D eigenvalue weighted by Gasteiger charge is -2.28. The summed E-state index contributed by atoms with van der Waals surface area (Å²) >= 11 is 6.21. The fraction of sp³-hybridized carbons (Fsp3) is 0.269. The van der Waals surface area contributed by atoms with Crippen molar-refractivity contribution in [2.75, 3.05) is 19.6 Å². The number of furan rings is 1. The Morgan fingerprint density at radius 2 is 1.79 bits per heavy atom. The Bertz CT molecular complexity index is 1230. The zero-order valence-corrected chi connectivity index (χ0v) is 19.3. The molecule has 0 spiro atoms. The Morgan fingerprint density at radius 3 is 2.53 bits per heavy atom. The fourth-order valence-electron chi connectivity index (χ4n) is 4.65. The molecule has 2 aliphatic rings. The van der Waals surface area contributed by atoms with Crippen LogP contribution < -0.4 is 5.32 Å². The molecule has 7 nitrogen and oxygen atoms in total. The highest BCUT2D eigenvalue weighted by Gasteiger charge is 2.36. The first kappa shape index (κ1) is 22.4. The first-order valence-electron chi connectivity index (χ1n) is 11.3. The van der Waals surface area contributed by atoms with Crippen molar-refractivity contribution >= 4 is 29.3 Å². The number of imide groups is 1. The van der Waals surface area contributed by atoms with Crippen LogP contribution in [0.3, 0.4) is 0 Å². The molecule has 8 heteroatoms. The topological polar surface area (TPSA) is 82.9 Å². The van der Waals surface area contributed by atoms with Crippen LogP contribution in [0, 0.1) is 0 Å². The standard InChI is InChI=1S/C26H24ClN3O4/c27-19-6-3-5-17(13-19)23(29-10-1-2-11-29)15-28-24(31)18-8-9-21-22(14-18)26(33)30(25(21)32)16-20-7-4-12-34-20/h3-9,12-14,23H,1-2,10-11,15-16H2,(H,28,31). The second-order valence-electron chi connectivity index (χ2n) is 8.56. The van der Waals surface area contributed by atoms with E-state index in [0.29, 0.717) is 28.5 Å². The smallest absolute Gasteiger partial charge is 0.261 e. The maximum atomic E-state index is 13.0. The van der Waals surface area contributed by atoms with Crippen LogP contribution in [0.1, 0.15) is 61.3 Å². The molecule has 3 heterocycles. The van der Waals surface area contributed by atoms with Crippen LogP contribution in [-0.4, -0.2) is 47.2 Å². The Morgan fingerprint density at radius 1 is 1.00 bits per heavy atom. The van der Waals surface area contributed by atoms with E-state index in [4.69, 9.17) is 16.0 Å². The number of rotatable bonds is 7. The Balaban J connectivity index is 1.31. The number of hydrogen-bond donors (Lipinski definition) is 1. The van der Waals surface area contributed by atoms with Crippen molar-refractivity contribution in [1.82, 2.24) is 15.1 Å². The van der Waals surface area contributed by atoms with Gasteiger partial charge in [0.2, 0.25) is 0 Å². The Hall–Kier alpha value is -3.42. The van der Waals surface area contributed by atoms with E-state index in [-0.39, 0.29) is 24.1 Å². The summed E-state index contributed by atoms with van der Waals surface area (Å²) in [5.74, 6) is -0.599. The van der Waals surface area contributed by atoms with Crippen molar-refractivity contribution in [2.24, 2.45) is 0 Å². The van der Waals surface area contributed by atoms with Crippen molar-refractivity contribution < 1.29 is 18.8 Å². The summed E-state index contributed by atoms with van der Waals surface area (Å²) in [7, 11) is 0. The number of amides is 3. The Kier molecular flexibility index (Phi) is 6.22. The zero-order valence-electron chi connectivity index (χ0n) is 18.5. The van der Waals surface area contributed by atoms with Crippen LogP contribution in [0.15, 0.2) is 65.3 Å². The predicted octanol–water partition coefficient (Wildman–Crippen LogP) is 4.30. The molecule has 0 aliphatic carbocycles. The SMILES string of the molecule is O=C(NCC(c1cccc(Cl)c1)N1CCCC1)c1ccc2c(c1)C(=O)N(Cc1ccco1)C2=O. The van der Waals surface area contributed by atoms with E-state index in [1.165, 1.54) is 12.3 Å². The van der Waals surface area contributed by atoms with Gasteiger partial charge in [0.15, 0.2) is 0 Å². The number of fused-ring (bicyclic) bond motifs is 1. The summed E-state index contributed by atoms with van der Waals surface area (Å²) < 4.78 is 5.27. The van der Waals surface area contributed by atoms with Gasteiger partial charge in [-0.3, -0.25) is 24.2 Å². The third-order valence-electron chi connectivity index (χ3n) is 6.40. The number of halogens is 1. The zero-order chi connectivity index (χ0) is 23.7. The van der Waals surface area contributed by atoms with Crippen LogP contribution >= 0.6 is 11.6 Å². The van der Waals surface area contributed by atoms with Crippen LogP contribution in [-0.2, 0) is 6.54 Å². The highest BCUT2D eigenvalue weighted by Crippen LogP contribution is 2.28. The molecular formula is C26H24ClN3O4. The van der Waals surface area contributed by atoms with E-state index in [1.54, 1.807) is 24.3 Å². The van der Waals surface area contributed by atoms with Crippen LogP contribution in [0.2, 0.25) is 5.02 Å². The second-order valence-corrected chi connectivity index (χ2v) is 9.00. The minimum Gasteiger partial charge on any atom is -0.467 e. The van der Waals surface area contributed by atoms with Gasteiger partial charge >= 0.3 is 0 Å². The third-order valence-corrected chi connectivity index (χ3v) is 6.63. The lowest BCUT2D eigenvalue weighted by atomic mass is 10.0. The molecule has 34 heavy (non-hydrogen) atoms. The van der Waals surface area contributed by atoms with Gasteiger partial charge in [0, 0.05) is 17.1 Å². The minimum atomic E-state index is -0.431. The molecule has 0 radical (unpaired) electrons. The molecule has 0 saturated carbocycles. The normalized spacial score (nSPS) is 16.7. The number of benzene rings is 2. The van der Waals surface area contributed by atoms with E-state index in [1.807, 2.05) is 24.3 Å². The van der Waals surface area contributed by atoms with Gasteiger partial charge in [0.1, 0.15) is 5.76 Å². The van der Waals surface area contributed by atoms with Crippen LogP contribution in [0.25, 0.3) is 0 Å². The number of nitrogens with one attached hydrogen (secondary N) is 1. The summed E-state index contributed by atoms with van der Waals surface area (Å²) in [6.07, 6.45) is 3.75. The maximum absolute atomic E-state index is 13.0. The molecule has 5 rings (SSSR count). The molecule has 0 bridgehead atoms. The summed E-state index contributed by atoms with van der Waals surface area (Å²) in [4.78, 5) is 42.1. The molecule has 1 fully saturated rings. The number of hydrogen-bond acceptors (Lipinski definition) is 5. The second kappa shape index (κ2) is 9.44. The highest BCUT2D eigenvalue weighted by atomic mass is 35.5. The lowest BCUT2D eigenvalue weighted by Crippen LogP contribution is -2.36. The van der Waals surface area contributed by atoms with Gasteiger partial charge in [-0.2, -0.15) is 0 Å². The van der Waals surface area contributed by atoms with Gasteiger partial charge in [0.25, 0.3) is 17.7 Å². The summed E-state index contributed by atoms with van der Waals surface area (Å²) in [5, 5.41) is 3.67. The van der Waals surface area contributed by atoms with Gasteiger partial charge in [-0.1, -0.05) is 23.7 Å². The first-order chi connectivity index (χ1) is 16.5. The highest BCUT2D eigenvalue weighted by molar-refractivity contribution is 6.30. The minimum absolute atomic E-state index is 0.00609. The quantitative estimate of drug-likeness (QED) is 0.513. The molecular weight excluding hydrogens is 454 g/mol. The van der Waals surface area contributed by atoms with E-state index in [2.05, 4.69) is 10.2 Å². The van der Waals surface area contributed by atoms with E-state index in [0.717, 1.165) is 36.4 Å². The average Bonchev–Trinajstić information content (AvgIpc) is 3.59.